The van der Waals surface area contributed by atoms with E-state index in [2.05, 4.69) is 0 Å². The zero-order valence-corrected chi connectivity index (χ0v) is 12.8. The fraction of sp³-hybridized carbons (Fsp3) is 0.0909. The van der Waals surface area contributed by atoms with E-state index in [4.69, 9.17) is 12.2 Å². The first-order valence-corrected chi connectivity index (χ1v) is 7.99. The number of hydrogen-bond donors (Lipinski definition) is 2. The number of phenolic OH excluding ortho intramolecular Hbond substituents is 2. The molecule has 0 aliphatic carbocycles. The highest BCUT2D eigenvalue weighted by molar-refractivity contribution is 8.34. The van der Waals surface area contributed by atoms with Gasteiger partial charge >= 0.3 is 0 Å². The second kappa shape index (κ2) is 4.62. The average molecular weight is 329 g/mol. The van der Waals surface area contributed by atoms with Crippen LogP contribution in [0.2, 0.25) is 0 Å². The van der Waals surface area contributed by atoms with Crippen molar-refractivity contribution in [2.45, 2.75) is 9.79 Å². The molecule has 0 saturated carbocycles. The number of rotatable bonds is 0. The molecule has 8 heteroatoms. The second-order valence-electron chi connectivity index (χ2n) is 3.82. The summed E-state index contributed by atoms with van der Waals surface area (Å²) in [5.41, 5.74) is 0.514. The van der Waals surface area contributed by atoms with Crippen molar-refractivity contribution in [2.75, 3.05) is 7.05 Å². The number of carbonyl (C=O) groups is 1. The van der Waals surface area contributed by atoms with Gasteiger partial charge in [0, 0.05) is 7.05 Å². The van der Waals surface area contributed by atoms with Gasteiger partial charge in [0.2, 0.25) is 5.12 Å². The van der Waals surface area contributed by atoms with E-state index in [1.807, 2.05) is 0 Å². The first kappa shape index (κ1) is 13.2. The van der Waals surface area contributed by atoms with Crippen molar-refractivity contribution in [1.82, 2.24) is 4.90 Å². The topological polar surface area (TPSA) is 60.8 Å². The highest BCUT2D eigenvalue weighted by atomic mass is 32.2. The maximum atomic E-state index is 11.9. The highest BCUT2D eigenvalue weighted by Crippen LogP contribution is 2.59. The Hall–Kier alpha value is -0.830. The maximum Gasteiger partial charge on any atom is 0.244 e. The van der Waals surface area contributed by atoms with Crippen LogP contribution in [0.4, 0.5) is 0 Å². The van der Waals surface area contributed by atoms with Crippen LogP contribution in [0.3, 0.4) is 0 Å². The number of likely N-dealkylation sites (N-methyl/N-ethyl adjacent to an activating group) is 1. The first-order valence-electron chi connectivity index (χ1n) is 5.14. The van der Waals surface area contributed by atoms with Gasteiger partial charge in [0.1, 0.15) is 21.5 Å². The Labute approximate surface area is 127 Å². The van der Waals surface area contributed by atoms with E-state index in [-0.39, 0.29) is 16.6 Å². The van der Waals surface area contributed by atoms with Crippen LogP contribution in [0.25, 0.3) is 0 Å². The molecule has 2 aliphatic heterocycles. The van der Waals surface area contributed by atoms with E-state index in [1.54, 1.807) is 11.9 Å². The van der Waals surface area contributed by atoms with Crippen LogP contribution < -0.4 is 0 Å². The number of fused-ring (bicyclic) bond motifs is 1. The molecule has 1 aromatic rings. The molecule has 4 nitrogen and oxygen atoms in total. The summed E-state index contributed by atoms with van der Waals surface area (Å²) in [7, 11) is 1.74. The van der Waals surface area contributed by atoms with Gasteiger partial charge in [-0.15, -0.1) is 0 Å². The maximum absolute atomic E-state index is 11.9. The van der Waals surface area contributed by atoms with E-state index >= 15 is 0 Å². The third kappa shape index (κ3) is 2.03. The fourth-order valence-electron chi connectivity index (χ4n) is 1.69. The van der Waals surface area contributed by atoms with Crippen LogP contribution in [-0.4, -0.2) is 31.6 Å². The predicted octanol–water partition coefficient (Wildman–Crippen LogP) is 2.95. The van der Waals surface area contributed by atoms with Gasteiger partial charge in [-0.05, 0) is 23.9 Å². The SMILES string of the molecule is CN1C(=S)SC(=O)C1=C1Sc2c(O)ccc(O)c2S1. The Balaban J connectivity index is 2.09. The lowest BCUT2D eigenvalue weighted by atomic mass is 10.3. The van der Waals surface area contributed by atoms with Crippen molar-refractivity contribution in [3.63, 3.8) is 0 Å². The van der Waals surface area contributed by atoms with Crippen molar-refractivity contribution >= 4 is 56.9 Å². The number of aromatic hydroxyl groups is 2. The van der Waals surface area contributed by atoms with Crippen molar-refractivity contribution in [1.29, 1.82) is 0 Å². The highest BCUT2D eigenvalue weighted by Gasteiger charge is 2.36. The quantitative estimate of drug-likeness (QED) is 0.428. The van der Waals surface area contributed by atoms with Gasteiger partial charge in [0.25, 0.3) is 0 Å². The smallest absolute Gasteiger partial charge is 0.244 e. The van der Waals surface area contributed by atoms with Crippen LogP contribution in [0.1, 0.15) is 0 Å². The number of carbonyl (C=O) groups excluding carboxylic acids is 1. The molecule has 1 aromatic carbocycles. The predicted molar refractivity (Wildman–Crippen MR) is 81.5 cm³/mol. The summed E-state index contributed by atoms with van der Waals surface area (Å²) < 4.78 is 1.24. The summed E-state index contributed by atoms with van der Waals surface area (Å²) >= 11 is 8.67. The molecule has 1 fully saturated rings. The number of hydrogen-bond acceptors (Lipinski definition) is 7. The van der Waals surface area contributed by atoms with Crippen molar-refractivity contribution in [2.24, 2.45) is 0 Å². The lowest BCUT2D eigenvalue weighted by Crippen LogP contribution is -2.16. The summed E-state index contributed by atoms with van der Waals surface area (Å²) in [4.78, 5) is 14.8. The van der Waals surface area contributed by atoms with Gasteiger partial charge in [0.15, 0.2) is 0 Å². The molecule has 0 unspecified atom stereocenters. The molecule has 0 amide bonds. The van der Waals surface area contributed by atoms with Crippen LogP contribution in [-0.2, 0) is 4.79 Å². The summed E-state index contributed by atoms with van der Waals surface area (Å²) in [6.07, 6.45) is 0. The van der Waals surface area contributed by atoms with Crippen molar-refractivity contribution in [3.8, 4) is 11.5 Å². The van der Waals surface area contributed by atoms with Crippen molar-refractivity contribution < 1.29 is 15.0 Å². The van der Waals surface area contributed by atoms with Crippen LogP contribution in [0.5, 0.6) is 11.5 Å². The number of thioether (sulfide) groups is 3. The Kier molecular flexibility index (Phi) is 3.20. The van der Waals surface area contributed by atoms with E-state index in [1.165, 1.54) is 35.7 Å². The number of benzene rings is 1. The summed E-state index contributed by atoms with van der Waals surface area (Å²) in [6, 6.07) is 2.88. The van der Waals surface area contributed by atoms with Gasteiger partial charge in [-0.25, -0.2) is 0 Å². The van der Waals surface area contributed by atoms with Gasteiger partial charge in [-0.2, -0.15) is 0 Å². The van der Waals surface area contributed by atoms with Gasteiger partial charge in [-0.1, -0.05) is 35.7 Å². The van der Waals surface area contributed by atoms with Gasteiger partial charge in [0.05, 0.1) is 14.0 Å². The first-order chi connectivity index (χ1) is 8.99. The summed E-state index contributed by atoms with van der Waals surface area (Å²) in [5.74, 6) is 0.202. The minimum absolute atomic E-state index is 0.101. The van der Waals surface area contributed by atoms with E-state index in [9.17, 15) is 15.0 Å². The standard InChI is InChI=1S/C11H7NO3S4/c1-12-6(9(15)19-11(12)16)10-17-7-4(13)2-3-5(14)8(7)18-10/h2-3,13-14H,1H3. The minimum Gasteiger partial charge on any atom is -0.507 e. The molecule has 3 rings (SSSR count). The molecule has 0 radical (unpaired) electrons. The molecule has 19 heavy (non-hydrogen) atoms. The summed E-state index contributed by atoms with van der Waals surface area (Å²) in [5, 5.41) is 19.5. The molecule has 0 spiro atoms. The fourth-order valence-corrected chi connectivity index (χ4v) is 5.54. The third-order valence-electron chi connectivity index (χ3n) is 2.64. The van der Waals surface area contributed by atoms with Gasteiger partial charge < -0.3 is 15.1 Å². The molecule has 0 bridgehead atoms. The normalized spacial score (nSPS) is 18.5. The van der Waals surface area contributed by atoms with E-state index in [0.717, 1.165) is 16.0 Å². The second-order valence-corrected chi connectivity index (χ2v) is 7.72. The van der Waals surface area contributed by atoms with Gasteiger partial charge in [-0.3, -0.25) is 4.79 Å². The minimum atomic E-state index is -0.103. The van der Waals surface area contributed by atoms with E-state index < -0.39 is 0 Å². The monoisotopic (exact) mass is 329 g/mol. The van der Waals surface area contributed by atoms with Crippen LogP contribution >= 0.6 is 47.5 Å². The van der Waals surface area contributed by atoms with Crippen LogP contribution in [0.15, 0.2) is 31.9 Å². The molecule has 2 N–H and O–H groups in total. The zero-order valence-electron chi connectivity index (χ0n) is 9.54. The van der Waals surface area contributed by atoms with E-state index in [0.29, 0.717) is 19.8 Å². The molecule has 0 atom stereocenters. The van der Waals surface area contributed by atoms with Crippen LogP contribution in [0, 0.1) is 0 Å². The summed E-state index contributed by atoms with van der Waals surface area (Å²) in [6.45, 7) is 0. The molecule has 2 aliphatic rings. The Bertz CT molecular complexity index is 623. The Morgan fingerprint density at radius 1 is 1.11 bits per heavy atom. The number of nitrogens with zero attached hydrogens (tertiary/aromatic N) is 1. The largest absolute Gasteiger partial charge is 0.507 e. The zero-order chi connectivity index (χ0) is 13.7. The molecular formula is C11H7NO3S4. The Morgan fingerprint density at radius 2 is 1.63 bits per heavy atom. The molecule has 2 heterocycles. The number of phenols is 2. The molecule has 0 aromatic heterocycles. The van der Waals surface area contributed by atoms with Crippen molar-refractivity contribution in [3.05, 3.63) is 22.1 Å². The third-order valence-corrected chi connectivity index (χ3v) is 6.61. The average Bonchev–Trinajstić information content (AvgIpc) is 2.88. The lowest BCUT2D eigenvalue weighted by molar-refractivity contribution is -0.108. The Morgan fingerprint density at radius 3 is 2.05 bits per heavy atom. The molecular weight excluding hydrogens is 322 g/mol. The molecule has 98 valence electrons. The lowest BCUT2D eigenvalue weighted by Gasteiger charge is -2.11. The number of thiocarbonyl (C=S) groups is 1. The molecule has 1 saturated heterocycles.